The van der Waals surface area contributed by atoms with E-state index >= 15 is 0 Å². The number of hydrogen-bond donors (Lipinski definition) is 1. The summed E-state index contributed by atoms with van der Waals surface area (Å²) in [6.45, 7) is 2.39. The standard InChI is InChI=1S/C11H12Cl2O/c1-11(5-8(11)6-14)7-2-3-9(12)10(13)4-7/h2-4,8,14H,5-6H2,1H3/t8-,11+/m0/s1. The van der Waals surface area contributed by atoms with Crippen molar-refractivity contribution >= 4 is 23.2 Å². The molecule has 0 aliphatic heterocycles. The van der Waals surface area contributed by atoms with Gasteiger partial charge in [0.25, 0.3) is 0 Å². The summed E-state index contributed by atoms with van der Waals surface area (Å²) < 4.78 is 0. The number of halogens is 2. The zero-order valence-electron chi connectivity index (χ0n) is 7.93. The van der Waals surface area contributed by atoms with Crippen molar-refractivity contribution < 1.29 is 5.11 Å². The lowest BCUT2D eigenvalue weighted by molar-refractivity contribution is 0.265. The molecule has 76 valence electrons. The summed E-state index contributed by atoms with van der Waals surface area (Å²) in [5, 5.41) is 10.2. The van der Waals surface area contributed by atoms with Gasteiger partial charge in [-0.2, -0.15) is 0 Å². The Morgan fingerprint density at radius 2 is 2.14 bits per heavy atom. The van der Waals surface area contributed by atoms with Crippen LogP contribution in [0.1, 0.15) is 18.9 Å². The number of aliphatic hydroxyl groups is 1. The van der Waals surface area contributed by atoms with Gasteiger partial charge in [-0.15, -0.1) is 0 Å². The fraction of sp³-hybridized carbons (Fsp3) is 0.455. The molecular formula is C11H12Cl2O. The summed E-state index contributed by atoms with van der Waals surface area (Å²) in [6.07, 6.45) is 1.03. The maximum atomic E-state index is 9.07. The SMILES string of the molecule is C[C@]1(c2ccc(Cl)c(Cl)c2)C[C@H]1CO. The van der Waals surface area contributed by atoms with E-state index in [9.17, 15) is 0 Å². The predicted molar refractivity (Wildman–Crippen MR) is 59.0 cm³/mol. The molecule has 2 atom stereocenters. The highest BCUT2D eigenvalue weighted by Crippen LogP contribution is 2.54. The molecule has 0 aromatic heterocycles. The zero-order valence-corrected chi connectivity index (χ0v) is 9.44. The van der Waals surface area contributed by atoms with Crippen LogP contribution < -0.4 is 0 Å². The van der Waals surface area contributed by atoms with Crippen molar-refractivity contribution in [3.05, 3.63) is 33.8 Å². The first-order chi connectivity index (χ1) is 6.58. The van der Waals surface area contributed by atoms with E-state index in [4.69, 9.17) is 28.3 Å². The molecule has 0 radical (unpaired) electrons. The topological polar surface area (TPSA) is 20.2 Å². The Labute approximate surface area is 93.7 Å². The van der Waals surface area contributed by atoms with Crippen LogP contribution in [-0.4, -0.2) is 11.7 Å². The van der Waals surface area contributed by atoms with E-state index < -0.39 is 0 Å². The van der Waals surface area contributed by atoms with Gasteiger partial charge >= 0.3 is 0 Å². The fourth-order valence-electron chi connectivity index (χ4n) is 1.92. The molecule has 1 N–H and O–H groups in total. The average molecular weight is 231 g/mol. The maximum absolute atomic E-state index is 9.07. The molecule has 3 heteroatoms. The van der Waals surface area contributed by atoms with Crippen molar-refractivity contribution in [2.24, 2.45) is 5.92 Å². The Morgan fingerprint density at radius 1 is 1.43 bits per heavy atom. The number of hydrogen-bond acceptors (Lipinski definition) is 1. The minimum Gasteiger partial charge on any atom is -0.396 e. The van der Waals surface area contributed by atoms with Gasteiger partial charge < -0.3 is 5.11 Å². The van der Waals surface area contributed by atoms with E-state index in [1.165, 1.54) is 5.56 Å². The Kier molecular flexibility index (Phi) is 2.50. The maximum Gasteiger partial charge on any atom is 0.0595 e. The van der Waals surface area contributed by atoms with Crippen LogP contribution in [0.15, 0.2) is 18.2 Å². The van der Waals surface area contributed by atoms with Gasteiger partial charge in [-0.3, -0.25) is 0 Å². The fourth-order valence-corrected chi connectivity index (χ4v) is 2.22. The molecular weight excluding hydrogens is 219 g/mol. The molecule has 1 aliphatic rings. The monoisotopic (exact) mass is 230 g/mol. The quantitative estimate of drug-likeness (QED) is 0.828. The zero-order chi connectivity index (χ0) is 10.3. The summed E-state index contributed by atoms with van der Waals surface area (Å²) in [5.41, 5.74) is 1.27. The lowest BCUT2D eigenvalue weighted by Crippen LogP contribution is -2.06. The second-order valence-corrected chi connectivity index (χ2v) is 4.94. The lowest BCUT2D eigenvalue weighted by Gasteiger charge is -2.11. The third-order valence-corrected chi connectivity index (χ3v) is 3.95. The van der Waals surface area contributed by atoms with E-state index in [1.54, 1.807) is 0 Å². The molecule has 0 unspecified atom stereocenters. The second kappa shape index (κ2) is 3.41. The van der Waals surface area contributed by atoms with Crippen molar-refractivity contribution in [1.29, 1.82) is 0 Å². The smallest absolute Gasteiger partial charge is 0.0595 e. The van der Waals surface area contributed by atoms with Gasteiger partial charge in [-0.05, 0) is 35.4 Å². The van der Waals surface area contributed by atoms with Gasteiger partial charge in [-0.1, -0.05) is 36.2 Å². The summed E-state index contributed by atoms with van der Waals surface area (Å²) in [4.78, 5) is 0. The van der Waals surface area contributed by atoms with Crippen molar-refractivity contribution in [2.75, 3.05) is 6.61 Å². The molecule has 1 aliphatic carbocycles. The van der Waals surface area contributed by atoms with E-state index in [0.29, 0.717) is 16.0 Å². The molecule has 0 saturated heterocycles. The molecule has 0 heterocycles. The second-order valence-electron chi connectivity index (χ2n) is 4.13. The van der Waals surface area contributed by atoms with Gasteiger partial charge in [0.05, 0.1) is 10.0 Å². The molecule has 1 fully saturated rings. The average Bonchev–Trinajstić information content (AvgIpc) is 2.83. The van der Waals surface area contributed by atoms with E-state index in [1.807, 2.05) is 18.2 Å². The molecule has 2 rings (SSSR count). The van der Waals surface area contributed by atoms with Gasteiger partial charge in [0.1, 0.15) is 0 Å². The lowest BCUT2D eigenvalue weighted by atomic mass is 9.96. The van der Waals surface area contributed by atoms with Crippen molar-refractivity contribution in [3.8, 4) is 0 Å². The van der Waals surface area contributed by atoms with Gasteiger partial charge in [0, 0.05) is 6.61 Å². The highest BCUT2D eigenvalue weighted by atomic mass is 35.5. The Bertz CT molecular complexity index is 364. The Balaban J connectivity index is 2.31. The van der Waals surface area contributed by atoms with Crippen LogP contribution in [0.2, 0.25) is 10.0 Å². The first-order valence-corrected chi connectivity index (χ1v) is 5.40. The van der Waals surface area contributed by atoms with Gasteiger partial charge in [-0.25, -0.2) is 0 Å². The van der Waals surface area contributed by atoms with Gasteiger partial charge in [0.15, 0.2) is 0 Å². The summed E-state index contributed by atoms with van der Waals surface area (Å²) in [7, 11) is 0. The van der Waals surface area contributed by atoms with Crippen LogP contribution in [0.3, 0.4) is 0 Å². The molecule has 0 spiro atoms. The molecule has 0 amide bonds. The van der Waals surface area contributed by atoms with Crippen molar-refractivity contribution in [1.82, 2.24) is 0 Å². The van der Waals surface area contributed by atoms with Crippen LogP contribution in [0.5, 0.6) is 0 Å². The summed E-state index contributed by atoms with van der Waals surface area (Å²) >= 11 is 11.8. The van der Waals surface area contributed by atoms with Crippen LogP contribution >= 0.6 is 23.2 Å². The minimum absolute atomic E-state index is 0.100. The molecule has 1 saturated carbocycles. The number of aliphatic hydroxyl groups excluding tert-OH is 1. The predicted octanol–water partition coefficient (Wildman–Crippen LogP) is 3.26. The molecule has 1 aromatic rings. The largest absolute Gasteiger partial charge is 0.396 e. The third-order valence-electron chi connectivity index (χ3n) is 3.21. The minimum atomic E-state index is 0.100. The molecule has 14 heavy (non-hydrogen) atoms. The van der Waals surface area contributed by atoms with Crippen molar-refractivity contribution in [2.45, 2.75) is 18.8 Å². The van der Waals surface area contributed by atoms with E-state index in [2.05, 4.69) is 6.92 Å². The van der Waals surface area contributed by atoms with E-state index in [0.717, 1.165) is 6.42 Å². The Hall–Kier alpha value is -0.240. The number of rotatable bonds is 2. The van der Waals surface area contributed by atoms with Crippen LogP contribution in [-0.2, 0) is 5.41 Å². The highest BCUT2D eigenvalue weighted by Gasteiger charge is 2.50. The first-order valence-electron chi connectivity index (χ1n) is 4.64. The van der Waals surface area contributed by atoms with Crippen molar-refractivity contribution in [3.63, 3.8) is 0 Å². The van der Waals surface area contributed by atoms with Crippen LogP contribution in [0.4, 0.5) is 0 Å². The molecule has 1 nitrogen and oxygen atoms in total. The van der Waals surface area contributed by atoms with Gasteiger partial charge in [0.2, 0.25) is 0 Å². The van der Waals surface area contributed by atoms with E-state index in [-0.39, 0.29) is 12.0 Å². The normalized spacial score (nSPS) is 30.4. The summed E-state index contributed by atoms with van der Waals surface area (Å²) in [6, 6.07) is 5.71. The molecule has 0 bridgehead atoms. The Morgan fingerprint density at radius 3 is 2.64 bits per heavy atom. The number of benzene rings is 1. The molecule has 1 aromatic carbocycles. The summed E-state index contributed by atoms with van der Waals surface area (Å²) in [5.74, 6) is 0.375. The third kappa shape index (κ3) is 1.54. The van der Waals surface area contributed by atoms with Crippen LogP contribution in [0.25, 0.3) is 0 Å². The highest BCUT2D eigenvalue weighted by molar-refractivity contribution is 6.42. The first kappa shape index (κ1) is 10.3. The van der Waals surface area contributed by atoms with Crippen LogP contribution in [0, 0.1) is 5.92 Å².